The molecule has 5 nitrogen and oxygen atoms in total. The van der Waals surface area contributed by atoms with Gasteiger partial charge in [0, 0.05) is 6.92 Å². The van der Waals surface area contributed by atoms with Crippen LogP contribution in [0.1, 0.15) is 36.1 Å². The lowest BCUT2D eigenvalue weighted by Gasteiger charge is -2.33. The maximum absolute atomic E-state index is 12.8. The van der Waals surface area contributed by atoms with E-state index in [9.17, 15) is 13.2 Å². The van der Waals surface area contributed by atoms with E-state index in [1.54, 1.807) is 24.3 Å². The van der Waals surface area contributed by atoms with Gasteiger partial charge in [0.05, 0.1) is 10.9 Å². The van der Waals surface area contributed by atoms with E-state index in [1.165, 1.54) is 6.92 Å². The molecule has 3 rings (SSSR count). The van der Waals surface area contributed by atoms with Gasteiger partial charge in [-0.3, -0.25) is 4.79 Å². The first-order valence-electron chi connectivity index (χ1n) is 8.21. The van der Waals surface area contributed by atoms with E-state index in [0.717, 1.165) is 23.1 Å². The van der Waals surface area contributed by atoms with Crippen LogP contribution in [0.5, 0.6) is 0 Å². The number of aryl methyl sites for hydroxylation is 2. The first kappa shape index (κ1) is 17.6. The highest BCUT2D eigenvalue weighted by molar-refractivity contribution is 7.89. The summed E-state index contributed by atoms with van der Waals surface area (Å²) < 4.78 is 33.7. The molecule has 0 aliphatic heterocycles. The zero-order valence-corrected chi connectivity index (χ0v) is 15.0. The number of carbonyl (C=O) groups is 1. The summed E-state index contributed by atoms with van der Waals surface area (Å²) in [6.45, 7) is 3.24. The number of hydrogen-bond donors (Lipinski definition) is 1. The molecule has 6 heteroatoms. The Balaban J connectivity index is 1.96. The van der Waals surface area contributed by atoms with Crippen LogP contribution in [0.3, 0.4) is 0 Å². The highest BCUT2D eigenvalue weighted by Crippen LogP contribution is 2.33. The van der Waals surface area contributed by atoms with Gasteiger partial charge in [0.25, 0.3) is 0 Å². The molecule has 0 fully saturated rings. The van der Waals surface area contributed by atoms with E-state index >= 15 is 0 Å². The summed E-state index contributed by atoms with van der Waals surface area (Å²) in [6.07, 6.45) is 0.807. The van der Waals surface area contributed by atoms with Crippen molar-refractivity contribution in [1.82, 2.24) is 4.72 Å². The first-order valence-corrected chi connectivity index (χ1v) is 9.69. The fourth-order valence-corrected chi connectivity index (χ4v) is 4.41. The number of rotatable bonds is 4. The minimum atomic E-state index is -3.73. The fraction of sp³-hybridized carbons (Fsp3) is 0.316. The molecule has 0 spiro atoms. The molecule has 0 heterocycles. The molecule has 2 atom stereocenters. The molecule has 0 unspecified atom stereocenters. The lowest BCUT2D eigenvalue weighted by molar-refractivity contribution is -0.148. The standard InChI is InChI=1S/C19H21NO4S/c1-13-7-10-16(11-8-13)25(22,23)20-19-17-6-4-3-5-15(17)9-12-18(19)24-14(2)21/h3-8,10-11,18-20H,9,12H2,1-2H3/t18-,19+/m0/s1. The van der Waals surface area contributed by atoms with Gasteiger partial charge in [-0.15, -0.1) is 0 Å². The molecule has 0 saturated heterocycles. The predicted molar refractivity (Wildman–Crippen MR) is 94.6 cm³/mol. The van der Waals surface area contributed by atoms with Crippen molar-refractivity contribution in [2.45, 2.75) is 43.7 Å². The first-order chi connectivity index (χ1) is 11.9. The number of nitrogens with one attached hydrogen (secondary N) is 1. The maximum Gasteiger partial charge on any atom is 0.302 e. The van der Waals surface area contributed by atoms with E-state index in [-0.39, 0.29) is 4.90 Å². The second-order valence-corrected chi connectivity index (χ2v) is 8.01. The summed E-state index contributed by atoms with van der Waals surface area (Å²) in [6, 6.07) is 13.7. The monoisotopic (exact) mass is 359 g/mol. The largest absolute Gasteiger partial charge is 0.460 e. The van der Waals surface area contributed by atoms with Crippen LogP contribution >= 0.6 is 0 Å². The summed E-state index contributed by atoms with van der Waals surface area (Å²) in [7, 11) is -3.73. The second-order valence-electron chi connectivity index (χ2n) is 6.30. The Labute approximate surface area is 148 Å². The second kappa shape index (κ2) is 6.98. The minimum absolute atomic E-state index is 0.197. The van der Waals surface area contributed by atoms with Gasteiger partial charge in [-0.25, -0.2) is 8.42 Å². The van der Waals surface area contributed by atoms with Gasteiger partial charge >= 0.3 is 5.97 Å². The zero-order valence-electron chi connectivity index (χ0n) is 14.2. The smallest absolute Gasteiger partial charge is 0.302 e. The number of fused-ring (bicyclic) bond motifs is 1. The molecule has 25 heavy (non-hydrogen) atoms. The summed E-state index contributed by atoms with van der Waals surface area (Å²) in [5.41, 5.74) is 2.91. The van der Waals surface area contributed by atoms with Gasteiger partial charge in [-0.1, -0.05) is 42.0 Å². The van der Waals surface area contributed by atoms with Crippen LogP contribution in [0.25, 0.3) is 0 Å². The average molecular weight is 359 g/mol. The van der Waals surface area contributed by atoms with Crippen LogP contribution in [-0.4, -0.2) is 20.5 Å². The number of carbonyl (C=O) groups excluding carboxylic acids is 1. The number of sulfonamides is 1. The Morgan fingerprint density at radius 2 is 1.80 bits per heavy atom. The Morgan fingerprint density at radius 3 is 2.48 bits per heavy atom. The molecule has 132 valence electrons. The molecule has 2 aromatic carbocycles. The predicted octanol–water partition coefficient (Wildman–Crippen LogP) is 2.89. The van der Waals surface area contributed by atoms with Gasteiger partial charge in [-0.2, -0.15) is 4.72 Å². The van der Waals surface area contributed by atoms with Crippen LogP contribution < -0.4 is 4.72 Å². The van der Waals surface area contributed by atoms with Crippen LogP contribution in [0.15, 0.2) is 53.4 Å². The van der Waals surface area contributed by atoms with Gasteiger partial charge in [0.2, 0.25) is 10.0 Å². The summed E-state index contributed by atoms with van der Waals surface area (Å²) in [5, 5.41) is 0. The molecule has 0 amide bonds. The van der Waals surface area contributed by atoms with Crippen molar-refractivity contribution in [3.8, 4) is 0 Å². The zero-order chi connectivity index (χ0) is 18.0. The molecular formula is C19H21NO4S. The topological polar surface area (TPSA) is 72.5 Å². The van der Waals surface area contributed by atoms with Crippen molar-refractivity contribution >= 4 is 16.0 Å². The van der Waals surface area contributed by atoms with Gasteiger partial charge in [-0.05, 0) is 43.0 Å². The third-order valence-corrected chi connectivity index (χ3v) is 5.85. The van der Waals surface area contributed by atoms with Crippen LogP contribution in [0.4, 0.5) is 0 Å². The highest BCUT2D eigenvalue weighted by atomic mass is 32.2. The summed E-state index contributed by atoms with van der Waals surface area (Å²) >= 11 is 0. The number of hydrogen-bond acceptors (Lipinski definition) is 4. The van der Waals surface area contributed by atoms with E-state index in [0.29, 0.717) is 6.42 Å². The molecule has 1 aliphatic rings. The van der Waals surface area contributed by atoms with Gasteiger partial charge < -0.3 is 4.74 Å². The SMILES string of the molecule is CC(=O)O[C@H]1CCc2ccccc2[C@H]1NS(=O)(=O)c1ccc(C)cc1. The molecule has 0 bridgehead atoms. The van der Waals surface area contributed by atoms with Gasteiger partial charge in [0.15, 0.2) is 0 Å². The molecule has 1 N–H and O–H groups in total. The molecule has 1 aliphatic carbocycles. The van der Waals surface area contributed by atoms with Crippen molar-refractivity contribution < 1.29 is 17.9 Å². The number of benzene rings is 2. The Bertz CT molecular complexity index is 875. The number of esters is 1. The van der Waals surface area contributed by atoms with E-state index in [4.69, 9.17) is 4.74 Å². The van der Waals surface area contributed by atoms with Gasteiger partial charge in [0.1, 0.15) is 6.10 Å². The lowest BCUT2D eigenvalue weighted by atomic mass is 9.86. The lowest BCUT2D eigenvalue weighted by Crippen LogP contribution is -2.41. The van der Waals surface area contributed by atoms with Crippen LogP contribution in [0.2, 0.25) is 0 Å². The summed E-state index contributed by atoms with van der Waals surface area (Å²) in [4.78, 5) is 11.6. The van der Waals surface area contributed by atoms with Crippen molar-refractivity contribution in [3.05, 3.63) is 65.2 Å². The molecule has 2 aromatic rings. The third kappa shape index (κ3) is 3.91. The Hall–Kier alpha value is -2.18. The highest BCUT2D eigenvalue weighted by Gasteiger charge is 2.35. The maximum atomic E-state index is 12.8. The molecule has 0 saturated carbocycles. The quantitative estimate of drug-likeness (QED) is 0.852. The van der Waals surface area contributed by atoms with Crippen molar-refractivity contribution in [3.63, 3.8) is 0 Å². The van der Waals surface area contributed by atoms with Crippen molar-refractivity contribution in [1.29, 1.82) is 0 Å². The molecule has 0 aromatic heterocycles. The Kier molecular flexibility index (Phi) is 4.92. The molecule has 0 radical (unpaired) electrons. The minimum Gasteiger partial charge on any atom is -0.460 e. The Morgan fingerprint density at radius 1 is 1.12 bits per heavy atom. The summed E-state index contributed by atoms with van der Waals surface area (Å²) in [5.74, 6) is -0.413. The average Bonchev–Trinajstić information content (AvgIpc) is 2.57. The number of ether oxygens (including phenoxy) is 1. The normalized spacial score (nSPS) is 19.9. The van der Waals surface area contributed by atoms with Crippen LogP contribution in [0, 0.1) is 6.92 Å². The van der Waals surface area contributed by atoms with E-state index in [1.807, 2.05) is 31.2 Å². The van der Waals surface area contributed by atoms with E-state index in [2.05, 4.69) is 4.72 Å². The van der Waals surface area contributed by atoms with Crippen molar-refractivity contribution in [2.75, 3.05) is 0 Å². The van der Waals surface area contributed by atoms with Crippen LogP contribution in [-0.2, 0) is 26.0 Å². The van der Waals surface area contributed by atoms with E-state index < -0.39 is 28.1 Å². The van der Waals surface area contributed by atoms with Crippen molar-refractivity contribution in [2.24, 2.45) is 0 Å². The fourth-order valence-electron chi connectivity index (χ4n) is 3.16. The molecular weight excluding hydrogens is 338 g/mol. The third-order valence-electron chi connectivity index (χ3n) is 4.39.